The Morgan fingerprint density at radius 3 is 2.67 bits per heavy atom. The number of pyridine rings is 1. The Kier molecular flexibility index (Phi) is 5.59. The molecule has 0 fully saturated rings. The van der Waals surface area contributed by atoms with Crippen molar-refractivity contribution in [2.24, 2.45) is 5.18 Å². The first-order valence-electron chi connectivity index (χ1n) is 7.90. The molecule has 1 atom stereocenters. The molecule has 0 saturated carbocycles. The molecule has 1 unspecified atom stereocenters. The van der Waals surface area contributed by atoms with Gasteiger partial charge in [0.05, 0.1) is 0 Å². The van der Waals surface area contributed by atoms with Crippen LogP contribution in [0, 0.1) is 22.1 Å². The lowest BCUT2D eigenvalue weighted by atomic mass is 9.87. The summed E-state index contributed by atoms with van der Waals surface area (Å²) in [6.45, 7) is 3.95. The number of rotatable bonds is 6. The van der Waals surface area contributed by atoms with Crippen LogP contribution >= 0.6 is 0 Å². The Hall–Kier alpha value is -2.81. The fourth-order valence-electron chi connectivity index (χ4n) is 2.93. The van der Waals surface area contributed by atoms with Gasteiger partial charge in [0.25, 0.3) is 0 Å². The maximum absolute atomic E-state index is 15.2. The number of hydrogen-bond acceptors (Lipinski definition) is 5. The molecule has 1 aromatic carbocycles. The van der Waals surface area contributed by atoms with Gasteiger partial charge in [0.15, 0.2) is 5.82 Å². The minimum absolute atomic E-state index is 0.0286. The fraction of sp³-hybridized carbons (Fsp3) is 0.333. The van der Waals surface area contributed by atoms with Crippen LogP contribution in [0.4, 0.5) is 15.9 Å². The first kappa shape index (κ1) is 17.5. The van der Waals surface area contributed by atoms with Crippen molar-refractivity contribution < 1.29 is 4.39 Å². The molecule has 1 aromatic heterocycles. The third-order valence-electron chi connectivity index (χ3n) is 4.11. The molecule has 2 N–H and O–H groups in total. The van der Waals surface area contributed by atoms with Crippen molar-refractivity contribution >= 4 is 11.5 Å². The normalized spacial score (nSPS) is 11.8. The van der Waals surface area contributed by atoms with Crippen LogP contribution in [-0.4, -0.2) is 4.98 Å². The monoisotopic (exact) mass is 326 g/mol. The third kappa shape index (κ3) is 3.11. The van der Waals surface area contributed by atoms with Gasteiger partial charge in [-0.25, -0.2) is 9.37 Å². The van der Waals surface area contributed by atoms with E-state index in [0.717, 1.165) is 12.8 Å². The summed E-state index contributed by atoms with van der Waals surface area (Å²) in [5.41, 5.74) is 6.59. The molecule has 0 aliphatic heterocycles. The summed E-state index contributed by atoms with van der Waals surface area (Å²) in [6, 6.07) is 8.33. The standard InChI is InChI=1S/C18H19FN4O/c1-3-7-11(4-2)15-13(10-20)18(21)22-17(16(15)19)12-8-5-6-9-14(12)23-24/h5-6,8-9,11H,3-4,7H2,1-2H3,(H2,21,22). The zero-order valence-electron chi connectivity index (χ0n) is 13.7. The number of hydrogen-bond donors (Lipinski definition) is 1. The molecule has 0 spiro atoms. The van der Waals surface area contributed by atoms with Gasteiger partial charge in [-0.2, -0.15) is 5.26 Å². The number of nitriles is 1. The van der Waals surface area contributed by atoms with Crippen LogP contribution < -0.4 is 5.73 Å². The lowest BCUT2D eigenvalue weighted by Gasteiger charge is -2.19. The second-order valence-electron chi connectivity index (χ2n) is 5.56. The summed E-state index contributed by atoms with van der Waals surface area (Å²) in [6.07, 6.45) is 2.27. The van der Waals surface area contributed by atoms with Gasteiger partial charge in [0.2, 0.25) is 0 Å². The Labute approximate surface area is 140 Å². The number of aromatic nitrogens is 1. The molecule has 0 amide bonds. The summed E-state index contributed by atoms with van der Waals surface area (Å²) in [7, 11) is 0. The van der Waals surface area contributed by atoms with Crippen molar-refractivity contribution in [3.05, 3.63) is 46.1 Å². The van der Waals surface area contributed by atoms with Gasteiger partial charge in [0, 0.05) is 11.1 Å². The van der Waals surface area contributed by atoms with Crippen LogP contribution in [-0.2, 0) is 0 Å². The van der Waals surface area contributed by atoms with Gasteiger partial charge in [-0.15, -0.1) is 4.91 Å². The van der Waals surface area contributed by atoms with E-state index in [1.807, 2.05) is 19.9 Å². The van der Waals surface area contributed by atoms with Crippen molar-refractivity contribution in [1.29, 1.82) is 5.26 Å². The number of nitroso groups, excluding NO2 is 1. The average molecular weight is 326 g/mol. The van der Waals surface area contributed by atoms with Gasteiger partial charge in [0.1, 0.15) is 28.8 Å². The third-order valence-corrected chi connectivity index (χ3v) is 4.11. The van der Waals surface area contributed by atoms with Crippen molar-refractivity contribution in [3.8, 4) is 17.3 Å². The lowest BCUT2D eigenvalue weighted by Crippen LogP contribution is -2.10. The first-order valence-corrected chi connectivity index (χ1v) is 7.90. The number of anilines is 1. The maximum atomic E-state index is 15.2. The average Bonchev–Trinajstić information content (AvgIpc) is 2.61. The highest BCUT2D eigenvalue weighted by atomic mass is 19.1. The van der Waals surface area contributed by atoms with Gasteiger partial charge in [-0.1, -0.05) is 38.5 Å². The van der Waals surface area contributed by atoms with Crippen LogP contribution in [0.1, 0.15) is 50.2 Å². The highest BCUT2D eigenvalue weighted by Crippen LogP contribution is 2.38. The van der Waals surface area contributed by atoms with Gasteiger partial charge in [-0.3, -0.25) is 0 Å². The molecule has 0 saturated heterocycles. The largest absolute Gasteiger partial charge is 0.383 e. The predicted octanol–water partition coefficient (Wildman–Crippen LogP) is 5.03. The molecule has 0 radical (unpaired) electrons. The summed E-state index contributed by atoms with van der Waals surface area (Å²) in [4.78, 5) is 15.1. The summed E-state index contributed by atoms with van der Waals surface area (Å²) in [5.74, 6) is -0.763. The Morgan fingerprint density at radius 2 is 2.08 bits per heavy atom. The molecule has 2 rings (SSSR count). The number of nitrogens with zero attached hydrogens (tertiary/aromatic N) is 3. The van der Waals surface area contributed by atoms with E-state index in [0.29, 0.717) is 6.42 Å². The second-order valence-corrected chi connectivity index (χ2v) is 5.56. The number of benzene rings is 1. The first-order chi connectivity index (χ1) is 11.6. The SMILES string of the molecule is CCCC(CC)c1c(F)c(-c2ccccc2N=O)nc(N)c1C#N. The Bertz CT molecular complexity index is 798. The van der Waals surface area contributed by atoms with Crippen LogP contribution in [0.5, 0.6) is 0 Å². The zero-order chi connectivity index (χ0) is 17.7. The zero-order valence-corrected chi connectivity index (χ0v) is 13.7. The van der Waals surface area contributed by atoms with Crippen molar-refractivity contribution in [1.82, 2.24) is 4.98 Å². The highest BCUT2D eigenvalue weighted by molar-refractivity contribution is 5.76. The molecule has 2 aromatic rings. The molecule has 0 aliphatic carbocycles. The van der Waals surface area contributed by atoms with Crippen LogP contribution in [0.3, 0.4) is 0 Å². The minimum Gasteiger partial charge on any atom is -0.383 e. The minimum atomic E-state index is -0.600. The van der Waals surface area contributed by atoms with Crippen LogP contribution in [0.15, 0.2) is 29.4 Å². The molecule has 1 heterocycles. The topological polar surface area (TPSA) is 92.1 Å². The van der Waals surface area contributed by atoms with Crippen LogP contribution in [0.2, 0.25) is 0 Å². The second kappa shape index (κ2) is 7.64. The van der Waals surface area contributed by atoms with E-state index < -0.39 is 5.82 Å². The Morgan fingerprint density at radius 1 is 1.38 bits per heavy atom. The predicted molar refractivity (Wildman–Crippen MR) is 92.2 cm³/mol. The Balaban J connectivity index is 2.79. The van der Waals surface area contributed by atoms with Gasteiger partial charge < -0.3 is 5.73 Å². The summed E-state index contributed by atoms with van der Waals surface area (Å²) in [5, 5.41) is 12.3. The van der Waals surface area contributed by atoms with Crippen molar-refractivity contribution in [3.63, 3.8) is 0 Å². The van der Waals surface area contributed by atoms with E-state index >= 15 is 4.39 Å². The van der Waals surface area contributed by atoms with E-state index in [1.165, 1.54) is 6.07 Å². The molecule has 0 aliphatic rings. The molecule has 6 heteroatoms. The van der Waals surface area contributed by atoms with E-state index in [2.05, 4.69) is 10.2 Å². The van der Waals surface area contributed by atoms with E-state index in [4.69, 9.17) is 5.73 Å². The van der Waals surface area contributed by atoms with E-state index in [-0.39, 0.29) is 39.8 Å². The fourth-order valence-corrected chi connectivity index (χ4v) is 2.93. The number of halogens is 1. The van der Waals surface area contributed by atoms with Crippen molar-refractivity contribution in [2.45, 2.75) is 39.0 Å². The quantitative estimate of drug-likeness (QED) is 0.753. The molecule has 124 valence electrons. The van der Waals surface area contributed by atoms with Gasteiger partial charge in [-0.05, 0) is 30.0 Å². The van der Waals surface area contributed by atoms with Gasteiger partial charge >= 0.3 is 0 Å². The number of nitrogen functional groups attached to an aromatic ring is 1. The van der Waals surface area contributed by atoms with Crippen molar-refractivity contribution in [2.75, 3.05) is 5.73 Å². The molecular weight excluding hydrogens is 307 g/mol. The molecular formula is C18H19FN4O. The maximum Gasteiger partial charge on any atom is 0.154 e. The molecule has 24 heavy (non-hydrogen) atoms. The summed E-state index contributed by atoms with van der Waals surface area (Å²) >= 11 is 0. The van der Waals surface area contributed by atoms with E-state index in [9.17, 15) is 10.2 Å². The number of nitrogens with two attached hydrogens (primary N) is 1. The summed E-state index contributed by atoms with van der Waals surface area (Å²) < 4.78 is 15.2. The smallest absolute Gasteiger partial charge is 0.154 e. The van der Waals surface area contributed by atoms with E-state index in [1.54, 1.807) is 18.2 Å². The molecule has 0 bridgehead atoms. The lowest BCUT2D eigenvalue weighted by molar-refractivity contribution is 0.537. The molecule has 5 nitrogen and oxygen atoms in total. The highest BCUT2D eigenvalue weighted by Gasteiger charge is 2.26. The van der Waals surface area contributed by atoms with Crippen LogP contribution in [0.25, 0.3) is 11.3 Å².